The molecule has 0 radical (unpaired) electrons. The number of fused-ring (bicyclic) bond motifs is 3. The first-order valence-corrected chi connectivity index (χ1v) is 18.0. The van der Waals surface area contributed by atoms with Gasteiger partial charge in [-0.05, 0) is 90.9 Å². The first kappa shape index (κ1) is 36.3. The van der Waals surface area contributed by atoms with E-state index in [2.05, 4.69) is 119 Å². The number of hydrogen-bond acceptors (Lipinski definition) is 3. The van der Waals surface area contributed by atoms with Gasteiger partial charge in [0.05, 0.1) is 5.69 Å². The van der Waals surface area contributed by atoms with E-state index in [0.717, 1.165) is 69.2 Å². The second-order valence-electron chi connectivity index (χ2n) is 14.4. The van der Waals surface area contributed by atoms with Gasteiger partial charge >= 0.3 is 21.1 Å². The third-order valence-corrected chi connectivity index (χ3v) is 9.45. The summed E-state index contributed by atoms with van der Waals surface area (Å²) in [4.78, 5) is 4.87. The SMILES string of the molecule is Cc1nn(-c2[c-]c(Oc3[c-]c4c(cc3)c3cc(CCCCC(C)C)ccc3n4-c3cc(CC(C)C)ccn3)ccc2)c(C)c1-c1ccccc1.[Pt+2]. The van der Waals surface area contributed by atoms with Gasteiger partial charge in [-0.1, -0.05) is 88.5 Å². The van der Waals surface area contributed by atoms with E-state index < -0.39 is 0 Å². The molecule has 0 amide bonds. The molecular formula is C45H46N4OPt. The van der Waals surface area contributed by atoms with E-state index in [-0.39, 0.29) is 21.1 Å². The maximum atomic E-state index is 6.50. The summed E-state index contributed by atoms with van der Waals surface area (Å²) in [6.45, 7) is 13.3. The standard InChI is InChI=1S/C45H46N4O.Pt/c1-30(2)13-10-11-14-34-19-22-42-41(26-34)40-21-20-39(29-43(40)48(42)44-27-35(23-24-46-44)25-31(3)4)50-38-18-12-17-37(28-38)49-33(6)45(32(5)47-49)36-15-8-7-9-16-36;/h7-9,12,15-24,26-27,30-31H,10-11,13-14,25H2,1-6H3;/q-2;+2. The Hall–Kier alpha value is -4.47. The second kappa shape index (κ2) is 15.8. The molecule has 5 nitrogen and oxygen atoms in total. The molecule has 7 rings (SSSR count). The van der Waals surface area contributed by atoms with Crippen LogP contribution >= 0.6 is 0 Å². The number of hydrogen-bond donors (Lipinski definition) is 0. The third-order valence-electron chi connectivity index (χ3n) is 9.45. The van der Waals surface area contributed by atoms with Crippen LogP contribution in [0, 0.1) is 37.8 Å². The van der Waals surface area contributed by atoms with Gasteiger partial charge in [0, 0.05) is 34.5 Å². The molecule has 0 aliphatic rings. The number of unbranched alkanes of at least 4 members (excludes halogenated alkanes) is 1. The fourth-order valence-electron chi connectivity index (χ4n) is 7.13. The summed E-state index contributed by atoms with van der Waals surface area (Å²) < 4.78 is 10.7. The molecule has 6 heteroatoms. The van der Waals surface area contributed by atoms with Crippen LogP contribution in [0.2, 0.25) is 0 Å². The van der Waals surface area contributed by atoms with E-state index in [1.165, 1.54) is 35.8 Å². The van der Waals surface area contributed by atoms with Gasteiger partial charge in [-0.25, -0.2) is 4.98 Å². The number of pyridine rings is 1. The normalized spacial score (nSPS) is 11.5. The maximum absolute atomic E-state index is 6.50. The molecule has 0 spiro atoms. The molecule has 3 heterocycles. The van der Waals surface area contributed by atoms with Crippen molar-refractivity contribution in [1.29, 1.82) is 0 Å². The first-order valence-electron chi connectivity index (χ1n) is 18.0. The molecule has 0 bridgehead atoms. The van der Waals surface area contributed by atoms with E-state index in [9.17, 15) is 0 Å². The Labute approximate surface area is 317 Å². The van der Waals surface area contributed by atoms with Crippen molar-refractivity contribution < 1.29 is 25.8 Å². The predicted molar refractivity (Wildman–Crippen MR) is 206 cm³/mol. The molecule has 0 N–H and O–H groups in total. The number of benzene rings is 4. The van der Waals surface area contributed by atoms with E-state index in [4.69, 9.17) is 14.8 Å². The van der Waals surface area contributed by atoms with Crippen LogP contribution in [0.5, 0.6) is 11.5 Å². The minimum Gasteiger partial charge on any atom is -0.509 e. The van der Waals surface area contributed by atoms with Crippen molar-refractivity contribution in [2.75, 3.05) is 0 Å². The van der Waals surface area contributed by atoms with E-state index in [1.54, 1.807) is 0 Å². The van der Waals surface area contributed by atoms with Crippen molar-refractivity contribution in [3.63, 3.8) is 0 Å². The van der Waals surface area contributed by atoms with Gasteiger partial charge in [0.15, 0.2) is 0 Å². The third kappa shape index (κ3) is 7.90. The average molecular weight is 854 g/mol. The van der Waals surface area contributed by atoms with Gasteiger partial charge in [0.25, 0.3) is 0 Å². The molecule has 0 aliphatic carbocycles. The molecular weight excluding hydrogens is 808 g/mol. The van der Waals surface area contributed by atoms with E-state index in [0.29, 0.717) is 17.4 Å². The molecule has 0 aliphatic heterocycles. The van der Waals surface area contributed by atoms with Crippen LogP contribution in [-0.4, -0.2) is 19.3 Å². The quantitative estimate of drug-likeness (QED) is 0.0908. The molecule has 3 aromatic heterocycles. The predicted octanol–water partition coefficient (Wildman–Crippen LogP) is 11.6. The Morgan fingerprint density at radius 2 is 1.55 bits per heavy atom. The van der Waals surface area contributed by atoms with Gasteiger partial charge in [-0.15, -0.1) is 35.7 Å². The monoisotopic (exact) mass is 853 g/mol. The van der Waals surface area contributed by atoms with Crippen LogP contribution in [0.1, 0.15) is 69.5 Å². The minimum absolute atomic E-state index is 0. The Bertz CT molecular complexity index is 2260. The summed E-state index contributed by atoms with van der Waals surface area (Å²) in [5, 5.41) is 7.25. The van der Waals surface area contributed by atoms with Crippen LogP contribution in [0.4, 0.5) is 0 Å². The topological polar surface area (TPSA) is 44.9 Å². The number of ether oxygens (including phenoxy) is 1. The van der Waals surface area contributed by atoms with Crippen LogP contribution in [0.3, 0.4) is 0 Å². The minimum atomic E-state index is 0. The van der Waals surface area contributed by atoms with Crippen molar-refractivity contribution in [2.45, 2.75) is 73.6 Å². The molecule has 51 heavy (non-hydrogen) atoms. The van der Waals surface area contributed by atoms with E-state index >= 15 is 0 Å². The Balaban J connectivity index is 0.00000448. The van der Waals surface area contributed by atoms with Gasteiger partial charge < -0.3 is 9.30 Å². The molecule has 4 aromatic carbocycles. The van der Waals surface area contributed by atoms with E-state index in [1.807, 2.05) is 41.2 Å². The summed E-state index contributed by atoms with van der Waals surface area (Å²) in [5.74, 6) is 3.43. The Kier molecular flexibility index (Phi) is 11.3. The molecule has 0 fully saturated rings. The summed E-state index contributed by atoms with van der Waals surface area (Å²) in [7, 11) is 0. The van der Waals surface area contributed by atoms with Gasteiger partial charge in [0.2, 0.25) is 0 Å². The van der Waals surface area contributed by atoms with Gasteiger partial charge in [0.1, 0.15) is 5.82 Å². The maximum Gasteiger partial charge on any atom is 2.00 e. The zero-order valence-electron chi connectivity index (χ0n) is 30.4. The molecule has 0 atom stereocenters. The molecule has 0 saturated heterocycles. The van der Waals surface area contributed by atoms with Crippen molar-refractivity contribution in [3.8, 4) is 34.1 Å². The summed E-state index contributed by atoms with van der Waals surface area (Å²) in [6, 6.07) is 38.9. The second-order valence-corrected chi connectivity index (χ2v) is 14.4. The molecule has 0 saturated carbocycles. The smallest absolute Gasteiger partial charge is 0.509 e. The number of aryl methyl sites for hydroxylation is 2. The average Bonchev–Trinajstić information content (AvgIpc) is 3.59. The number of nitrogens with zero attached hydrogens (tertiary/aromatic N) is 4. The van der Waals surface area contributed by atoms with Crippen LogP contribution in [0.25, 0.3) is 44.4 Å². The van der Waals surface area contributed by atoms with Crippen LogP contribution < -0.4 is 4.74 Å². The van der Waals surface area contributed by atoms with Crippen LogP contribution in [-0.2, 0) is 33.9 Å². The Morgan fingerprint density at radius 1 is 0.745 bits per heavy atom. The zero-order chi connectivity index (χ0) is 34.8. The van der Waals surface area contributed by atoms with Crippen molar-refractivity contribution in [2.24, 2.45) is 11.8 Å². The van der Waals surface area contributed by atoms with Crippen molar-refractivity contribution in [3.05, 3.63) is 132 Å². The molecule has 262 valence electrons. The Morgan fingerprint density at radius 3 is 2.33 bits per heavy atom. The van der Waals surface area contributed by atoms with Crippen LogP contribution in [0.15, 0.2) is 97.2 Å². The number of aromatic nitrogens is 4. The fraction of sp³-hybridized carbons (Fsp3) is 0.289. The fourth-order valence-corrected chi connectivity index (χ4v) is 7.13. The molecule has 7 aromatic rings. The van der Waals surface area contributed by atoms with Crippen molar-refractivity contribution >= 4 is 21.8 Å². The molecule has 0 unspecified atom stereocenters. The summed E-state index contributed by atoms with van der Waals surface area (Å²) in [5.41, 5.74) is 9.88. The van der Waals surface area contributed by atoms with Crippen molar-refractivity contribution in [1.82, 2.24) is 19.3 Å². The largest absolute Gasteiger partial charge is 2.00 e. The van der Waals surface area contributed by atoms with Gasteiger partial charge in [-0.2, -0.15) is 17.2 Å². The van der Waals surface area contributed by atoms with Gasteiger partial charge in [-0.3, -0.25) is 4.68 Å². The zero-order valence-corrected chi connectivity index (χ0v) is 32.7. The first-order chi connectivity index (χ1) is 24.2. The summed E-state index contributed by atoms with van der Waals surface area (Å²) >= 11 is 0. The number of rotatable bonds is 12. The summed E-state index contributed by atoms with van der Waals surface area (Å²) in [6.07, 6.45) is 7.73.